The van der Waals surface area contributed by atoms with E-state index in [1.165, 1.54) is 0 Å². The van der Waals surface area contributed by atoms with E-state index in [4.69, 9.17) is 16.3 Å². The van der Waals surface area contributed by atoms with Crippen LogP contribution in [0.25, 0.3) is 0 Å². The van der Waals surface area contributed by atoms with Crippen molar-refractivity contribution in [2.75, 3.05) is 7.11 Å². The molecule has 1 aromatic rings. The largest absolute Gasteiger partial charge is 0.380 e. The summed E-state index contributed by atoms with van der Waals surface area (Å²) in [6, 6.07) is 7.06. The first kappa shape index (κ1) is 9.23. The first-order valence-electron chi connectivity index (χ1n) is 3.51. The molecule has 0 saturated carbocycles. The van der Waals surface area contributed by atoms with Crippen molar-refractivity contribution in [2.24, 2.45) is 0 Å². The second kappa shape index (κ2) is 4.24. The Morgan fingerprint density at radius 2 is 2.33 bits per heavy atom. The van der Waals surface area contributed by atoms with Gasteiger partial charge >= 0.3 is 0 Å². The lowest BCUT2D eigenvalue weighted by Crippen LogP contribution is -1.92. The molecular formula is C9H9ClO2. The monoisotopic (exact) mass is 184 g/mol. The molecule has 0 spiro atoms. The maximum atomic E-state index is 10.7. The van der Waals surface area contributed by atoms with Crippen LogP contribution in [-0.4, -0.2) is 12.4 Å². The predicted octanol–water partition coefficient (Wildman–Crippen LogP) is 2.21. The third-order valence-electron chi connectivity index (χ3n) is 1.46. The fraction of sp³-hybridized carbons (Fsp3) is 0.222. The van der Waals surface area contributed by atoms with Crippen LogP contribution in [0.15, 0.2) is 24.3 Å². The van der Waals surface area contributed by atoms with Crippen LogP contribution in [-0.2, 0) is 11.3 Å². The molecule has 64 valence electrons. The Labute approximate surface area is 76.1 Å². The summed E-state index contributed by atoms with van der Waals surface area (Å²) in [4.78, 5) is 10.7. The molecule has 0 fully saturated rings. The van der Waals surface area contributed by atoms with Crippen molar-refractivity contribution in [3.63, 3.8) is 0 Å². The van der Waals surface area contributed by atoms with Crippen LogP contribution >= 0.6 is 11.6 Å². The van der Waals surface area contributed by atoms with Gasteiger partial charge in [-0.2, -0.15) is 0 Å². The summed E-state index contributed by atoms with van der Waals surface area (Å²) in [6.45, 7) is 0.498. The average Bonchev–Trinajstić information content (AvgIpc) is 2.05. The minimum absolute atomic E-state index is 0.437. The van der Waals surface area contributed by atoms with Crippen LogP contribution in [0.5, 0.6) is 0 Å². The normalized spacial score (nSPS) is 9.83. The smallest absolute Gasteiger partial charge is 0.252 e. The Bertz CT molecular complexity index is 284. The number of carbonyl (C=O) groups excluding carboxylic acids is 1. The Balaban J connectivity index is 2.88. The third-order valence-corrected chi connectivity index (χ3v) is 1.68. The second-order valence-corrected chi connectivity index (χ2v) is 2.75. The summed E-state index contributed by atoms with van der Waals surface area (Å²) in [5, 5.41) is -0.437. The van der Waals surface area contributed by atoms with E-state index in [0.717, 1.165) is 5.56 Å². The number of rotatable bonds is 3. The zero-order chi connectivity index (χ0) is 8.97. The summed E-state index contributed by atoms with van der Waals surface area (Å²) in [5.41, 5.74) is 1.45. The van der Waals surface area contributed by atoms with E-state index >= 15 is 0 Å². The topological polar surface area (TPSA) is 26.3 Å². The molecule has 0 aliphatic heterocycles. The number of hydrogen-bond donors (Lipinski definition) is 0. The van der Waals surface area contributed by atoms with E-state index in [0.29, 0.717) is 12.2 Å². The van der Waals surface area contributed by atoms with Gasteiger partial charge in [-0.05, 0) is 23.2 Å². The van der Waals surface area contributed by atoms with Crippen molar-refractivity contribution in [1.29, 1.82) is 0 Å². The molecule has 0 atom stereocenters. The van der Waals surface area contributed by atoms with Gasteiger partial charge in [0, 0.05) is 12.7 Å². The van der Waals surface area contributed by atoms with Gasteiger partial charge in [0.15, 0.2) is 0 Å². The molecule has 0 heterocycles. The van der Waals surface area contributed by atoms with E-state index in [9.17, 15) is 4.79 Å². The van der Waals surface area contributed by atoms with E-state index < -0.39 is 5.24 Å². The van der Waals surface area contributed by atoms with E-state index in [2.05, 4.69) is 0 Å². The third kappa shape index (κ3) is 2.32. The minimum Gasteiger partial charge on any atom is -0.380 e. The van der Waals surface area contributed by atoms with Crippen LogP contribution in [0, 0.1) is 0 Å². The van der Waals surface area contributed by atoms with Crippen molar-refractivity contribution < 1.29 is 9.53 Å². The molecule has 0 aromatic heterocycles. The average molecular weight is 185 g/mol. The molecule has 0 unspecified atom stereocenters. The number of benzene rings is 1. The molecule has 0 bridgehead atoms. The van der Waals surface area contributed by atoms with Crippen molar-refractivity contribution in [2.45, 2.75) is 6.61 Å². The molecule has 0 aliphatic carbocycles. The van der Waals surface area contributed by atoms with Gasteiger partial charge in [-0.1, -0.05) is 18.2 Å². The fourth-order valence-corrected chi connectivity index (χ4v) is 1.07. The minimum atomic E-state index is -0.437. The Hall–Kier alpha value is -0.860. The molecule has 0 aliphatic rings. The molecule has 12 heavy (non-hydrogen) atoms. The van der Waals surface area contributed by atoms with Gasteiger partial charge < -0.3 is 4.74 Å². The molecule has 3 heteroatoms. The van der Waals surface area contributed by atoms with Gasteiger partial charge in [0.05, 0.1) is 6.61 Å². The number of methoxy groups -OCH3 is 1. The Morgan fingerprint density at radius 1 is 1.58 bits per heavy atom. The molecule has 0 radical (unpaired) electrons. The maximum absolute atomic E-state index is 10.7. The maximum Gasteiger partial charge on any atom is 0.252 e. The van der Waals surface area contributed by atoms with Gasteiger partial charge in [-0.25, -0.2) is 0 Å². The molecule has 1 aromatic carbocycles. The summed E-state index contributed by atoms with van der Waals surface area (Å²) in [5.74, 6) is 0. The van der Waals surface area contributed by atoms with E-state index in [-0.39, 0.29) is 0 Å². The molecule has 1 rings (SSSR count). The number of hydrogen-bond acceptors (Lipinski definition) is 2. The highest BCUT2D eigenvalue weighted by atomic mass is 35.5. The first-order chi connectivity index (χ1) is 5.74. The van der Waals surface area contributed by atoms with Crippen LogP contribution < -0.4 is 0 Å². The van der Waals surface area contributed by atoms with Gasteiger partial charge in [0.2, 0.25) is 0 Å². The highest BCUT2D eigenvalue weighted by Crippen LogP contribution is 2.08. The molecule has 0 saturated heterocycles. The highest BCUT2D eigenvalue weighted by molar-refractivity contribution is 6.67. The van der Waals surface area contributed by atoms with E-state index in [1.807, 2.05) is 6.07 Å². The lowest BCUT2D eigenvalue weighted by molar-refractivity contribution is 0.108. The number of halogens is 1. The van der Waals surface area contributed by atoms with Gasteiger partial charge in [0.1, 0.15) is 0 Å². The SMILES string of the molecule is COCc1cccc(C(=O)Cl)c1. The van der Waals surface area contributed by atoms with Crippen molar-refractivity contribution in [1.82, 2.24) is 0 Å². The van der Waals surface area contributed by atoms with Crippen molar-refractivity contribution in [3.8, 4) is 0 Å². The van der Waals surface area contributed by atoms with E-state index in [1.54, 1.807) is 25.3 Å². The summed E-state index contributed by atoms with van der Waals surface area (Å²) < 4.78 is 4.91. The zero-order valence-corrected chi connectivity index (χ0v) is 7.47. The van der Waals surface area contributed by atoms with Crippen molar-refractivity contribution in [3.05, 3.63) is 35.4 Å². The van der Waals surface area contributed by atoms with Crippen LogP contribution in [0.4, 0.5) is 0 Å². The summed E-state index contributed by atoms with van der Waals surface area (Å²) >= 11 is 5.30. The quantitative estimate of drug-likeness (QED) is 0.674. The Kier molecular flexibility index (Phi) is 3.26. The zero-order valence-electron chi connectivity index (χ0n) is 6.71. The second-order valence-electron chi connectivity index (χ2n) is 2.41. The predicted molar refractivity (Wildman–Crippen MR) is 47.3 cm³/mol. The van der Waals surface area contributed by atoms with Gasteiger partial charge in [-0.3, -0.25) is 4.79 Å². The lowest BCUT2D eigenvalue weighted by Gasteiger charge is -1.99. The standard InChI is InChI=1S/C9H9ClO2/c1-12-6-7-3-2-4-8(5-7)9(10)11/h2-5H,6H2,1H3. The van der Waals surface area contributed by atoms with Crippen molar-refractivity contribution >= 4 is 16.8 Å². The van der Waals surface area contributed by atoms with Gasteiger partial charge in [0.25, 0.3) is 5.24 Å². The molecular weight excluding hydrogens is 176 g/mol. The highest BCUT2D eigenvalue weighted by Gasteiger charge is 2.01. The Morgan fingerprint density at radius 3 is 2.92 bits per heavy atom. The molecule has 0 N–H and O–H groups in total. The van der Waals surface area contributed by atoms with Gasteiger partial charge in [-0.15, -0.1) is 0 Å². The number of ether oxygens (including phenoxy) is 1. The van der Waals surface area contributed by atoms with Crippen LogP contribution in [0.1, 0.15) is 15.9 Å². The summed E-state index contributed by atoms with van der Waals surface area (Å²) in [6.07, 6.45) is 0. The summed E-state index contributed by atoms with van der Waals surface area (Å²) in [7, 11) is 1.61. The lowest BCUT2D eigenvalue weighted by atomic mass is 10.1. The molecule has 0 amide bonds. The number of carbonyl (C=O) groups is 1. The molecule has 2 nitrogen and oxygen atoms in total. The fourth-order valence-electron chi connectivity index (χ4n) is 0.950. The van der Waals surface area contributed by atoms with Crippen LogP contribution in [0.3, 0.4) is 0 Å². The first-order valence-corrected chi connectivity index (χ1v) is 3.89. The van der Waals surface area contributed by atoms with Crippen LogP contribution in [0.2, 0.25) is 0 Å².